The van der Waals surface area contributed by atoms with Crippen LogP contribution in [0.1, 0.15) is 16.2 Å². The minimum absolute atomic E-state index is 0.0756. The molecule has 1 amide bonds. The number of aromatic hydroxyl groups is 1. The van der Waals surface area contributed by atoms with Crippen LogP contribution in [0.3, 0.4) is 0 Å². The van der Waals surface area contributed by atoms with Crippen LogP contribution in [0, 0.1) is 0 Å². The molecular weight excluding hydrogens is 250 g/mol. The Kier molecular flexibility index (Phi) is 3.97. The average molecular weight is 263 g/mol. The topological polar surface area (TPSA) is 97.5 Å². The van der Waals surface area contributed by atoms with E-state index in [0.29, 0.717) is 30.1 Å². The Hall–Kier alpha value is -2.57. The van der Waals surface area contributed by atoms with Crippen molar-refractivity contribution in [3.05, 3.63) is 36.0 Å². The third kappa shape index (κ3) is 3.21. The van der Waals surface area contributed by atoms with Crippen molar-refractivity contribution in [3.8, 4) is 11.5 Å². The van der Waals surface area contributed by atoms with Crippen molar-refractivity contribution in [2.75, 3.05) is 13.7 Å². The number of hydrogen-bond acceptors (Lipinski definition) is 6. The Balaban J connectivity index is 1.91. The van der Waals surface area contributed by atoms with E-state index in [1.807, 2.05) is 0 Å². The maximum atomic E-state index is 11.8. The fourth-order valence-electron chi connectivity index (χ4n) is 1.52. The minimum atomic E-state index is -0.290. The van der Waals surface area contributed by atoms with E-state index in [9.17, 15) is 9.90 Å². The molecule has 0 fully saturated rings. The molecule has 0 unspecified atom stereocenters. The normalized spacial score (nSPS) is 10.2. The zero-order valence-electron chi connectivity index (χ0n) is 10.3. The molecule has 2 N–H and O–H groups in total. The second-order valence-corrected chi connectivity index (χ2v) is 3.74. The number of aromatic nitrogens is 2. The van der Waals surface area contributed by atoms with Crippen LogP contribution in [0.2, 0.25) is 0 Å². The number of benzene rings is 1. The largest absolute Gasteiger partial charge is 0.504 e. The van der Waals surface area contributed by atoms with Gasteiger partial charge in [0, 0.05) is 18.5 Å². The van der Waals surface area contributed by atoms with Gasteiger partial charge in [-0.2, -0.15) is 4.98 Å². The van der Waals surface area contributed by atoms with Gasteiger partial charge in [-0.1, -0.05) is 5.16 Å². The minimum Gasteiger partial charge on any atom is -0.504 e. The lowest BCUT2D eigenvalue weighted by molar-refractivity contribution is 0.0953. The SMILES string of the molecule is COc1ccc(C(=O)NCCc2ncon2)cc1O. The highest BCUT2D eigenvalue weighted by molar-refractivity contribution is 5.94. The molecule has 1 heterocycles. The number of hydrogen-bond donors (Lipinski definition) is 2. The highest BCUT2D eigenvalue weighted by atomic mass is 16.5. The van der Waals surface area contributed by atoms with Crippen LogP contribution in [-0.2, 0) is 6.42 Å². The summed E-state index contributed by atoms with van der Waals surface area (Å²) in [6.45, 7) is 0.380. The van der Waals surface area contributed by atoms with Crippen LogP contribution in [0.25, 0.3) is 0 Å². The van der Waals surface area contributed by atoms with Crippen LogP contribution in [0.15, 0.2) is 29.1 Å². The molecule has 0 atom stereocenters. The number of ether oxygens (including phenoxy) is 1. The van der Waals surface area contributed by atoms with E-state index >= 15 is 0 Å². The molecule has 0 aliphatic heterocycles. The molecule has 0 saturated heterocycles. The molecular formula is C12H13N3O4. The Morgan fingerprint density at radius 1 is 1.53 bits per heavy atom. The van der Waals surface area contributed by atoms with E-state index in [-0.39, 0.29) is 11.7 Å². The van der Waals surface area contributed by atoms with Crippen LogP contribution in [-0.4, -0.2) is 34.8 Å². The lowest BCUT2D eigenvalue weighted by atomic mass is 10.2. The van der Waals surface area contributed by atoms with E-state index in [1.54, 1.807) is 6.07 Å². The van der Waals surface area contributed by atoms with Gasteiger partial charge in [-0.05, 0) is 18.2 Å². The van der Waals surface area contributed by atoms with Crippen molar-refractivity contribution in [2.24, 2.45) is 0 Å². The molecule has 1 aromatic carbocycles. The van der Waals surface area contributed by atoms with Gasteiger partial charge >= 0.3 is 0 Å². The zero-order chi connectivity index (χ0) is 13.7. The smallest absolute Gasteiger partial charge is 0.251 e. The van der Waals surface area contributed by atoms with Gasteiger partial charge < -0.3 is 19.7 Å². The third-order valence-corrected chi connectivity index (χ3v) is 2.48. The molecule has 0 aliphatic carbocycles. The fourth-order valence-corrected chi connectivity index (χ4v) is 1.52. The van der Waals surface area contributed by atoms with Crippen molar-refractivity contribution in [3.63, 3.8) is 0 Å². The van der Waals surface area contributed by atoms with Crippen molar-refractivity contribution < 1.29 is 19.2 Å². The Bertz CT molecular complexity index is 554. The molecule has 19 heavy (non-hydrogen) atoms. The van der Waals surface area contributed by atoms with Crippen molar-refractivity contribution in [1.82, 2.24) is 15.5 Å². The third-order valence-electron chi connectivity index (χ3n) is 2.48. The summed E-state index contributed by atoms with van der Waals surface area (Å²) in [5.74, 6) is 0.482. The first-order valence-corrected chi connectivity index (χ1v) is 5.61. The molecule has 0 saturated carbocycles. The molecule has 2 rings (SSSR count). The van der Waals surface area contributed by atoms with Gasteiger partial charge in [-0.15, -0.1) is 0 Å². The maximum Gasteiger partial charge on any atom is 0.251 e. The highest BCUT2D eigenvalue weighted by Gasteiger charge is 2.09. The van der Waals surface area contributed by atoms with Crippen LogP contribution in [0.4, 0.5) is 0 Å². The Morgan fingerprint density at radius 3 is 3.00 bits per heavy atom. The molecule has 0 aliphatic rings. The first kappa shape index (κ1) is 12.9. The molecule has 0 radical (unpaired) electrons. The first-order valence-electron chi connectivity index (χ1n) is 5.61. The molecule has 0 bridgehead atoms. The van der Waals surface area contributed by atoms with Gasteiger partial charge in [0.05, 0.1) is 7.11 Å². The monoisotopic (exact) mass is 263 g/mol. The highest BCUT2D eigenvalue weighted by Crippen LogP contribution is 2.25. The van der Waals surface area contributed by atoms with Gasteiger partial charge in [-0.25, -0.2) is 0 Å². The van der Waals surface area contributed by atoms with Crippen LogP contribution >= 0.6 is 0 Å². The van der Waals surface area contributed by atoms with Crippen LogP contribution in [0.5, 0.6) is 11.5 Å². The van der Waals surface area contributed by atoms with Crippen molar-refractivity contribution >= 4 is 5.91 Å². The average Bonchev–Trinajstić information content (AvgIpc) is 2.91. The Morgan fingerprint density at radius 2 is 2.37 bits per heavy atom. The van der Waals surface area contributed by atoms with Gasteiger partial charge in [0.25, 0.3) is 5.91 Å². The van der Waals surface area contributed by atoms with Gasteiger partial charge in [0.1, 0.15) is 0 Å². The van der Waals surface area contributed by atoms with Crippen molar-refractivity contribution in [1.29, 1.82) is 0 Å². The number of nitrogens with one attached hydrogen (secondary N) is 1. The van der Waals surface area contributed by atoms with E-state index in [1.165, 1.54) is 25.6 Å². The lowest BCUT2D eigenvalue weighted by Crippen LogP contribution is -2.25. The number of methoxy groups -OCH3 is 1. The standard InChI is InChI=1S/C12H13N3O4/c1-18-10-3-2-8(6-9(10)16)12(17)13-5-4-11-14-7-19-15-11/h2-3,6-7,16H,4-5H2,1H3,(H,13,17). The second kappa shape index (κ2) is 5.85. The summed E-state index contributed by atoms with van der Waals surface area (Å²) in [5, 5.41) is 15.9. The quantitative estimate of drug-likeness (QED) is 0.826. The number of phenolic OH excluding ortho intramolecular Hbond substituents is 1. The molecule has 100 valence electrons. The van der Waals surface area contributed by atoms with Gasteiger partial charge in [0.2, 0.25) is 6.39 Å². The summed E-state index contributed by atoms with van der Waals surface area (Å²) < 4.78 is 9.48. The lowest BCUT2D eigenvalue weighted by Gasteiger charge is -2.06. The maximum absolute atomic E-state index is 11.8. The number of phenols is 1. The molecule has 7 heteroatoms. The number of carbonyl (C=O) groups is 1. The van der Waals surface area contributed by atoms with Crippen molar-refractivity contribution in [2.45, 2.75) is 6.42 Å². The summed E-state index contributed by atoms with van der Waals surface area (Å²) in [4.78, 5) is 15.6. The Labute approximate surface area is 109 Å². The summed E-state index contributed by atoms with van der Waals surface area (Å²) in [7, 11) is 1.44. The summed E-state index contributed by atoms with van der Waals surface area (Å²) in [5.41, 5.74) is 0.353. The zero-order valence-corrected chi connectivity index (χ0v) is 10.3. The predicted molar refractivity (Wildman–Crippen MR) is 65.0 cm³/mol. The van der Waals surface area contributed by atoms with E-state index in [0.717, 1.165) is 0 Å². The summed E-state index contributed by atoms with van der Waals surface area (Å²) >= 11 is 0. The number of nitrogens with zero attached hydrogens (tertiary/aromatic N) is 2. The molecule has 1 aromatic heterocycles. The van der Waals surface area contributed by atoms with Gasteiger partial charge in [0.15, 0.2) is 17.3 Å². The van der Waals surface area contributed by atoms with E-state index in [4.69, 9.17) is 4.74 Å². The van der Waals surface area contributed by atoms with E-state index < -0.39 is 0 Å². The van der Waals surface area contributed by atoms with Crippen LogP contribution < -0.4 is 10.1 Å². The molecule has 2 aromatic rings. The fraction of sp³-hybridized carbons (Fsp3) is 0.250. The number of rotatable bonds is 5. The predicted octanol–water partition coefficient (Wildman–Crippen LogP) is 0.756. The number of amides is 1. The second-order valence-electron chi connectivity index (χ2n) is 3.74. The molecule has 7 nitrogen and oxygen atoms in total. The summed E-state index contributed by atoms with van der Waals surface area (Å²) in [6, 6.07) is 4.45. The summed E-state index contributed by atoms with van der Waals surface area (Å²) in [6.07, 6.45) is 1.71. The number of carbonyl (C=O) groups excluding carboxylic acids is 1. The first-order chi connectivity index (χ1) is 9.20. The van der Waals surface area contributed by atoms with E-state index in [2.05, 4.69) is 20.0 Å². The van der Waals surface area contributed by atoms with Gasteiger partial charge in [-0.3, -0.25) is 4.79 Å². The molecule has 0 spiro atoms.